The van der Waals surface area contributed by atoms with E-state index in [0.29, 0.717) is 17.8 Å². The van der Waals surface area contributed by atoms with E-state index >= 15 is 0 Å². The van der Waals surface area contributed by atoms with Gasteiger partial charge >= 0.3 is 5.97 Å². The highest BCUT2D eigenvalue weighted by Crippen LogP contribution is 2.16. The molecule has 1 aromatic carbocycles. The summed E-state index contributed by atoms with van der Waals surface area (Å²) in [7, 11) is 0. The summed E-state index contributed by atoms with van der Waals surface area (Å²) in [5, 5.41) is 18.5. The molecule has 1 unspecified atom stereocenters. The summed E-state index contributed by atoms with van der Waals surface area (Å²) in [5.41, 5.74) is 1.90. The lowest BCUT2D eigenvalue weighted by Crippen LogP contribution is -2.33. The molecule has 1 aromatic heterocycles. The molecule has 3 N–H and O–H groups in total. The van der Waals surface area contributed by atoms with Gasteiger partial charge in [0, 0.05) is 12.1 Å². The van der Waals surface area contributed by atoms with Crippen molar-refractivity contribution in [1.82, 2.24) is 15.5 Å². The van der Waals surface area contributed by atoms with Crippen molar-refractivity contribution >= 4 is 11.9 Å². The first kappa shape index (κ1) is 15.8. The largest absolute Gasteiger partial charge is 0.481 e. The molecule has 0 saturated heterocycles. The van der Waals surface area contributed by atoms with Gasteiger partial charge in [-0.25, -0.2) is 0 Å². The molecule has 22 heavy (non-hydrogen) atoms. The smallest absolute Gasteiger partial charge is 0.308 e. The number of aliphatic carboxylic acids is 1. The average Bonchev–Trinajstić information content (AvgIpc) is 3.01. The van der Waals surface area contributed by atoms with Crippen molar-refractivity contribution in [3.05, 3.63) is 42.1 Å². The van der Waals surface area contributed by atoms with Gasteiger partial charge in [0.1, 0.15) is 5.69 Å². The number of aromatic nitrogens is 2. The summed E-state index contributed by atoms with van der Waals surface area (Å²) in [6.45, 7) is 2.03. The van der Waals surface area contributed by atoms with Gasteiger partial charge in [0.05, 0.1) is 11.6 Å². The van der Waals surface area contributed by atoms with Crippen molar-refractivity contribution in [3.63, 3.8) is 0 Å². The van der Waals surface area contributed by atoms with E-state index in [1.54, 1.807) is 6.07 Å². The van der Waals surface area contributed by atoms with Crippen molar-refractivity contribution in [3.8, 4) is 11.3 Å². The van der Waals surface area contributed by atoms with Crippen LogP contribution in [0, 0.1) is 5.92 Å². The fourth-order valence-electron chi connectivity index (χ4n) is 2.17. The molecule has 116 valence electrons. The van der Waals surface area contributed by atoms with Crippen LogP contribution in [0.2, 0.25) is 0 Å². The number of carbonyl (C=O) groups is 2. The third-order valence-electron chi connectivity index (χ3n) is 3.39. The van der Waals surface area contributed by atoms with Crippen LogP contribution in [0.15, 0.2) is 36.4 Å². The second-order valence-electron chi connectivity index (χ2n) is 5.07. The predicted octanol–water partition coefficient (Wildman–Crippen LogP) is 2.31. The zero-order chi connectivity index (χ0) is 15.9. The maximum absolute atomic E-state index is 12.0. The van der Waals surface area contributed by atoms with Gasteiger partial charge in [0.25, 0.3) is 5.91 Å². The van der Waals surface area contributed by atoms with Crippen LogP contribution >= 0.6 is 0 Å². The first-order valence-corrected chi connectivity index (χ1v) is 7.23. The lowest BCUT2D eigenvalue weighted by Gasteiger charge is -2.11. The number of carboxylic acids is 1. The third kappa shape index (κ3) is 3.94. The van der Waals surface area contributed by atoms with Gasteiger partial charge in [-0.2, -0.15) is 5.10 Å². The van der Waals surface area contributed by atoms with E-state index in [1.165, 1.54) is 0 Å². The number of carbonyl (C=O) groups excluding carboxylic acids is 1. The Morgan fingerprint density at radius 3 is 2.68 bits per heavy atom. The molecule has 0 saturated carbocycles. The Morgan fingerprint density at radius 2 is 2.05 bits per heavy atom. The zero-order valence-electron chi connectivity index (χ0n) is 12.4. The van der Waals surface area contributed by atoms with Crippen molar-refractivity contribution < 1.29 is 14.7 Å². The molecule has 0 spiro atoms. The lowest BCUT2D eigenvalue weighted by atomic mass is 10.0. The molecule has 6 nitrogen and oxygen atoms in total. The van der Waals surface area contributed by atoms with Crippen LogP contribution in [0.1, 0.15) is 30.3 Å². The average molecular weight is 301 g/mol. The number of H-pyrrole nitrogens is 1. The highest BCUT2D eigenvalue weighted by molar-refractivity contribution is 5.93. The summed E-state index contributed by atoms with van der Waals surface area (Å²) in [6.07, 6.45) is 1.29. The van der Waals surface area contributed by atoms with Crippen molar-refractivity contribution in [2.45, 2.75) is 19.8 Å². The van der Waals surface area contributed by atoms with Crippen LogP contribution in [0.4, 0.5) is 0 Å². The number of nitrogens with one attached hydrogen (secondary N) is 2. The number of benzene rings is 1. The number of hydrogen-bond donors (Lipinski definition) is 3. The molecule has 0 fully saturated rings. The van der Waals surface area contributed by atoms with Gasteiger partial charge in [-0.1, -0.05) is 43.7 Å². The van der Waals surface area contributed by atoms with Gasteiger partial charge in [-0.3, -0.25) is 14.7 Å². The second kappa shape index (κ2) is 7.40. The van der Waals surface area contributed by atoms with E-state index in [2.05, 4.69) is 15.5 Å². The van der Waals surface area contributed by atoms with E-state index in [4.69, 9.17) is 5.11 Å². The molecule has 0 aliphatic rings. The number of amides is 1. The molecule has 0 bridgehead atoms. The Labute approximate surface area is 128 Å². The quantitative estimate of drug-likeness (QED) is 0.731. The maximum Gasteiger partial charge on any atom is 0.308 e. The molecule has 6 heteroatoms. The van der Waals surface area contributed by atoms with Gasteiger partial charge in [0.2, 0.25) is 0 Å². The highest BCUT2D eigenvalue weighted by Gasteiger charge is 2.18. The Kier molecular flexibility index (Phi) is 5.30. The molecule has 2 aromatic rings. The normalized spacial score (nSPS) is 11.9. The summed E-state index contributed by atoms with van der Waals surface area (Å²) in [4.78, 5) is 23.1. The van der Waals surface area contributed by atoms with Crippen LogP contribution in [-0.4, -0.2) is 33.7 Å². The minimum absolute atomic E-state index is 0.113. The van der Waals surface area contributed by atoms with E-state index < -0.39 is 11.9 Å². The number of aromatic amines is 1. The Morgan fingerprint density at radius 1 is 1.32 bits per heavy atom. The van der Waals surface area contributed by atoms with Crippen LogP contribution in [-0.2, 0) is 4.79 Å². The third-order valence-corrected chi connectivity index (χ3v) is 3.39. The van der Waals surface area contributed by atoms with E-state index in [1.807, 2.05) is 37.3 Å². The van der Waals surface area contributed by atoms with Crippen molar-refractivity contribution in [1.29, 1.82) is 0 Å². The fraction of sp³-hybridized carbons (Fsp3) is 0.312. The van der Waals surface area contributed by atoms with Gasteiger partial charge in [-0.05, 0) is 12.5 Å². The Bertz CT molecular complexity index is 637. The monoisotopic (exact) mass is 301 g/mol. The minimum atomic E-state index is -0.892. The molecular weight excluding hydrogens is 282 g/mol. The first-order valence-electron chi connectivity index (χ1n) is 7.23. The number of hydrogen-bond acceptors (Lipinski definition) is 3. The van der Waals surface area contributed by atoms with Crippen LogP contribution in [0.25, 0.3) is 11.3 Å². The Hall–Kier alpha value is -2.63. The summed E-state index contributed by atoms with van der Waals surface area (Å²) in [6, 6.07) is 11.2. The van der Waals surface area contributed by atoms with E-state index in [0.717, 1.165) is 12.0 Å². The minimum Gasteiger partial charge on any atom is -0.481 e. The number of nitrogens with zero attached hydrogens (tertiary/aromatic N) is 1. The highest BCUT2D eigenvalue weighted by atomic mass is 16.4. The molecule has 2 rings (SSSR count). The summed E-state index contributed by atoms with van der Waals surface area (Å²) >= 11 is 0. The predicted molar refractivity (Wildman–Crippen MR) is 82.4 cm³/mol. The standard InChI is InChI=1S/C16H19N3O3/c1-2-6-12(16(21)22)10-17-15(20)14-9-13(18-19-14)11-7-4-3-5-8-11/h3-5,7-9,12H,2,6,10H2,1H3,(H,17,20)(H,18,19)(H,21,22). The summed E-state index contributed by atoms with van der Waals surface area (Å²) in [5.74, 6) is -1.81. The lowest BCUT2D eigenvalue weighted by molar-refractivity contribution is -0.141. The second-order valence-corrected chi connectivity index (χ2v) is 5.07. The van der Waals surface area contributed by atoms with E-state index in [-0.39, 0.29) is 12.5 Å². The number of rotatable bonds is 7. The maximum atomic E-state index is 12.0. The number of carboxylic acid groups (broad SMARTS) is 1. The fourth-order valence-corrected chi connectivity index (χ4v) is 2.17. The Balaban J connectivity index is 1.99. The molecule has 0 aliphatic heterocycles. The first-order chi connectivity index (χ1) is 10.6. The molecule has 1 heterocycles. The SMILES string of the molecule is CCCC(CNC(=O)c1cc(-c2ccccc2)n[nH]1)C(=O)O. The zero-order valence-corrected chi connectivity index (χ0v) is 12.4. The van der Waals surface area contributed by atoms with E-state index in [9.17, 15) is 9.59 Å². The molecule has 1 amide bonds. The molecule has 0 radical (unpaired) electrons. The van der Waals surface area contributed by atoms with Gasteiger partial charge < -0.3 is 10.4 Å². The van der Waals surface area contributed by atoms with Crippen LogP contribution in [0.5, 0.6) is 0 Å². The van der Waals surface area contributed by atoms with Gasteiger partial charge in [0.15, 0.2) is 0 Å². The topological polar surface area (TPSA) is 95.1 Å². The molecular formula is C16H19N3O3. The molecule has 1 atom stereocenters. The van der Waals surface area contributed by atoms with Crippen molar-refractivity contribution in [2.24, 2.45) is 5.92 Å². The molecule has 0 aliphatic carbocycles. The summed E-state index contributed by atoms with van der Waals surface area (Å²) < 4.78 is 0. The van der Waals surface area contributed by atoms with Gasteiger partial charge in [-0.15, -0.1) is 0 Å². The van der Waals surface area contributed by atoms with Crippen LogP contribution in [0.3, 0.4) is 0 Å². The van der Waals surface area contributed by atoms with Crippen molar-refractivity contribution in [2.75, 3.05) is 6.54 Å². The van der Waals surface area contributed by atoms with Crippen LogP contribution < -0.4 is 5.32 Å².